The van der Waals surface area contributed by atoms with Crippen molar-refractivity contribution in [2.24, 2.45) is 0 Å². The molecule has 2 rings (SSSR count). The SMILES string of the molecule is Nc1ccc(-n2cccc2NC(=O)O)cc1. The first-order chi connectivity index (χ1) is 7.66. The van der Waals surface area contributed by atoms with Crippen LogP contribution in [0.1, 0.15) is 0 Å². The molecule has 1 heterocycles. The molecule has 0 unspecified atom stereocenters. The Kier molecular flexibility index (Phi) is 2.51. The van der Waals surface area contributed by atoms with Crippen molar-refractivity contribution in [1.82, 2.24) is 4.57 Å². The van der Waals surface area contributed by atoms with Gasteiger partial charge in [-0.15, -0.1) is 0 Å². The molecule has 0 spiro atoms. The van der Waals surface area contributed by atoms with E-state index >= 15 is 0 Å². The Morgan fingerprint density at radius 3 is 2.56 bits per heavy atom. The smallest absolute Gasteiger partial charge is 0.410 e. The summed E-state index contributed by atoms with van der Waals surface area (Å²) < 4.78 is 1.73. The highest BCUT2D eigenvalue weighted by Crippen LogP contribution is 2.17. The van der Waals surface area contributed by atoms with Crippen LogP contribution in [-0.2, 0) is 0 Å². The van der Waals surface area contributed by atoms with Gasteiger partial charge >= 0.3 is 6.09 Å². The summed E-state index contributed by atoms with van der Waals surface area (Å²) in [7, 11) is 0. The molecule has 2 aromatic rings. The van der Waals surface area contributed by atoms with E-state index in [1.54, 1.807) is 35.0 Å². The van der Waals surface area contributed by atoms with Gasteiger partial charge in [-0.3, -0.25) is 5.32 Å². The molecule has 0 saturated heterocycles. The number of anilines is 2. The first kappa shape index (κ1) is 10.1. The number of carbonyl (C=O) groups is 1. The van der Waals surface area contributed by atoms with E-state index in [-0.39, 0.29) is 0 Å². The van der Waals surface area contributed by atoms with E-state index in [9.17, 15) is 4.79 Å². The molecule has 4 N–H and O–H groups in total. The number of aromatic nitrogens is 1. The zero-order chi connectivity index (χ0) is 11.5. The van der Waals surface area contributed by atoms with E-state index in [0.717, 1.165) is 5.69 Å². The average molecular weight is 217 g/mol. The predicted molar refractivity (Wildman–Crippen MR) is 61.8 cm³/mol. The van der Waals surface area contributed by atoms with Gasteiger partial charge in [-0.2, -0.15) is 0 Å². The van der Waals surface area contributed by atoms with Crippen LogP contribution in [0.4, 0.5) is 16.3 Å². The molecule has 1 aromatic heterocycles. The van der Waals surface area contributed by atoms with Crippen LogP contribution in [0, 0.1) is 0 Å². The van der Waals surface area contributed by atoms with Crippen LogP contribution in [0.15, 0.2) is 42.6 Å². The van der Waals surface area contributed by atoms with Gasteiger partial charge in [0.15, 0.2) is 0 Å². The lowest BCUT2D eigenvalue weighted by atomic mass is 10.3. The van der Waals surface area contributed by atoms with Gasteiger partial charge < -0.3 is 15.4 Å². The van der Waals surface area contributed by atoms with Crippen molar-refractivity contribution in [3.63, 3.8) is 0 Å². The quantitative estimate of drug-likeness (QED) is 0.674. The molecule has 0 radical (unpaired) electrons. The van der Waals surface area contributed by atoms with E-state index in [2.05, 4.69) is 5.32 Å². The molecule has 16 heavy (non-hydrogen) atoms. The highest BCUT2D eigenvalue weighted by molar-refractivity contribution is 5.82. The first-order valence-corrected chi connectivity index (χ1v) is 4.70. The van der Waals surface area contributed by atoms with Gasteiger partial charge in [0.1, 0.15) is 5.82 Å². The predicted octanol–water partition coefficient (Wildman–Crippen LogP) is 2.15. The van der Waals surface area contributed by atoms with Crippen LogP contribution in [0.25, 0.3) is 5.69 Å². The third kappa shape index (κ3) is 1.98. The number of nitrogens with zero attached hydrogens (tertiary/aromatic N) is 1. The van der Waals surface area contributed by atoms with Crippen molar-refractivity contribution in [2.75, 3.05) is 11.1 Å². The van der Waals surface area contributed by atoms with E-state index in [1.165, 1.54) is 0 Å². The van der Waals surface area contributed by atoms with Crippen LogP contribution in [0.3, 0.4) is 0 Å². The van der Waals surface area contributed by atoms with Crippen LogP contribution < -0.4 is 11.1 Å². The zero-order valence-corrected chi connectivity index (χ0v) is 8.42. The fraction of sp³-hybridized carbons (Fsp3) is 0. The van der Waals surface area contributed by atoms with Gasteiger partial charge in [-0.25, -0.2) is 4.79 Å². The minimum atomic E-state index is -1.09. The van der Waals surface area contributed by atoms with Gasteiger partial charge in [-0.05, 0) is 36.4 Å². The standard InChI is InChI=1S/C11H11N3O2/c12-8-3-5-9(6-4-8)14-7-1-2-10(14)13-11(15)16/h1-7,13H,12H2,(H,15,16). The van der Waals surface area contributed by atoms with Crippen LogP contribution in [-0.4, -0.2) is 15.8 Å². The topological polar surface area (TPSA) is 80.3 Å². The molecule has 82 valence electrons. The number of rotatable bonds is 2. The number of amides is 1. The molecule has 1 amide bonds. The first-order valence-electron chi connectivity index (χ1n) is 4.70. The molecular weight excluding hydrogens is 206 g/mol. The Morgan fingerprint density at radius 2 is 1.94 bits per heavy atom. The van der Waals surface area contributed by atoms with Crippen molar-refractivity contribution in [3.05, 3.63) is 42.6 Å². The van der Waals surface area contributed by atoms with Crippen LogP contribution in [0.5, 0.6) is 0 Å². The molecule has 0 aliphatic carbocycles. The van der Waals surface area contributed by atoms with Crippen LogP contribution >= 0.6 is 0 Å². The molecule has 1 aromatic carbocycles. The molecule has 0 saturated carbocycles. The van der Waals surface area contributed by atoms with E-state index in [4.69, 9.17) is 10.8 Å². The molecule has 0 aliphatic rings. The summed E-state index contributed by atoms with van der Waals surface area (Å²) in [6.07, 6.45) is 0.687. The van der Waals surface area contributed by atoms with Crippen molar-refractivity contribution in [2.45, 2.75) is 0 Å². The molecular formula is C11H11N3O2. The Labute approximate surface area is 92.1 Å². The average Bonchev–Trinajstić information content (AvgIpc) is 2.66. The van der Waals surface area contributed by atoms with Crippen LogP contribution in [0.2, 0.25) is 0 Å². The lowest BCUT2D eigenvalue weighted by Crippen LogP contribution is -2.10. The van der Waals surface area contributed by atoms with Gasteiger partial charge in [-0.1, -0.05) is 0 Å². The van der Waals surface area contributed by atoms with E-state index < -0.39 is 6.09 Å². The van der Waals surface area contributed by atoms with Gasteiger partial charge in [0.05, 0.1) is 0 Å². The highest BCUT2D eigenvalue weighted by atomic mass is 16.4. The number of benzene rings is 1. The number of nitrogens with two attached hydrogens (primary N) is 1. The van der Waals surface area contributed by atoms with E-state index in [0.29, 0.717) is 11.5 Å². The normalized spacial score (nSPS) is 10.0. The van der Waals surface area contributed by atoms with Gasteiger partial charge in [0, 0.05) is 17.6 Å². The summed E-state index contributed by atoms with van der Waals surface area (Å²) in [6, 6.07) is 10.6. The van der Waals surface area contributed by atoms with Gasteiger partial charge in [0.2, 0.25) is 0 Å². The lowest BCUT2D eigenvalue weighted by Gasteiger charge is -2.08. The maximum atomic E-state index is 10.6. The van der Waals surface area contributed by atoms with E-state index in [1.807, 2.05) is 12.1 Å². The third-order valence-corrected chi connectivity index (χ3v) is 2.16. The summed E-state index contributed by atoms with van der Waals surface area (Å²) >= 11 is 0. The Morgan fingerprint density at radius 1 is 1.25 bits per heavy atom. The second kappa shape index (κ2) is 3.98. The number of hydrogen-bond donors (Lipinski definition) is 3. The number of nitrogen functional groups attached to an aromatic ring is 1. The summed E-state index contributed by atoms with van der Waals surface area (Å²) in [6.45, 7) is 0. The largest absolute Gasteiger partial charge is 0.465 e. The molecule has 0 atom stereocenters. The third-order valence-electron chi connectivity index (χ3n) is 2.16. The fourth-order valence-electron chi connectivity index (χ4n) is 1.45. The monoisotopic (exact) mass is 217 g/mol. The van der Waals surface area contributed by atoms with Crippen molar-refractivity contribution in [1.29, 1.82) is 0 Å². The second-order valence-electron chi connectivity index (χ2n) is 3.29. The molecule has 5 nitrogen and oxygen atoms in total. The second-order valence-corrected chi connectivity index (χ2v) is 3.29. The summed E-state index contributed by atoms with van der Waals surface area (Å²) in [5.74, 6) is 0.497. The minimum Gasteiger partial charge on any atom is -0.465 e. The number of carboxylic acid groups (broad SMARTS) is 1. The molecule has 0 aliphatic heterocycles. The highest BCUT2D eigenvalue weighted by Gasteiger charge is 2.05. The van der Waals surface area contributed by atoms with Gasteiger partial charge in [0.25, 0.3) is 0 Å². The number of hydrogen-bond acceptors (Lipinski definition) is 2. The fourth-order valence-corrected chi connectivity index (χ4v) is 1.45. The maximum Gasteiger partial charge on any atom is 0.410 e. The Balaban J connectivity index is 2.36. The Bertz CT molecular complexity index is 502. The number of nitrogens with one attached hydrogen (secondary N) is 1. The summed E-state index contributed by atoms with van der Waals surface area (Å²) in [5.41, 5.74) is 7.10. The minimum absolute atomic E-state index is 0.497. The molecule has 5 heteroatoms. The summed E-state index contributed by atoms with van der Waals surface area (Å²) in [5, 5.41) is 11.0. The van der Waals surface area contributed by atoms with Crippen molar-refractivity contribution < 1.29 is 9.90 Å². The molecule has 0 fully saturated rings. The maximum absolute atomic E-state index is 10.6. The van der Waals surface area contributed by atoms with Crippen molar-refractivity contribution in [3.8, 4) is 5.69 Å². The summed E-state index contributed by atoms with van der Waals surface area (Å²) in [4.78, 5) is 10.6. The van der Waals surface area contributed by atoms with Crippen molar-refractivity contribution >= 4 is 17.6 Å². The molecule has 0 bridgehead atoms. The Hall–Kier alpha value is -2.43. The lowest BCUT2D eigenvalue weighted by molar-refractivity contribution is 0.209. The zero-order valence-electron chi connectivity index (χ0n) is 8.42.